The minimum Gasteiger partial charge on any atom is -0.370 e. The monoisotopic (exact) mass is 817 g/mol. The molecule has 1 spiro atoms. The zero-order valence-electron chi connectivity index (χ0n) is 34.5. The van der Waals surface area contributed by atoms with E-state index in [1.807, 2.05) is 53.6 Å². The first-order valence-corrected chi connectivity index (χ1v) is 21.2. The highest BCUT2D eigenvalue weighted by Crippen LogP contribution is 2.51. The number of nitrogens with one attached hydrogen (secondary N) is 2. The third-order valence-corrected chi connectivity index (χ3v) is 13.7. The molecule has 0 radical (unpaired) electrons. The molecule has 15 heteroatoms. The number of anilines is 1. The molecule has 0 bridgehead atoms. The van der Waals surface area contributed by atoms with Crippen molar-refractivity contribution in [2.45, 2.75) is 82.7 Å². The van der Waals surface area contributed by atoms with Gasteiger partial charge in [0.15, 0.2) is 5.82 Å². The van der Waals surface area contributed by atoms with Crippen LogP contribution in [0.4, 0.5) is 10.1 Å². The lowest BCUT2D eigenvalue weighted by molar-refractivity contribution is -0.136. The van der Waals surface area contributed by atoms with Crippen molar-refractivity contribution in [3.8, 4) is 0 Å². The standard InChI is InChI=1S/C45H52FN9O5/c1-50(2)43(59)33-26-32-30(25-31(39(46)40(32)48-33)29-7-5-20-53(27-29)38(57)14-22-54-21-6-19-47-54)28-12-15-45(16-13-28)17-23-52(24-18-45)34-8-4-9-35-41(34)51(3)44(60)55(35)36-10-11-37(56)49-42(36)58/h4,6-9,19,21,25-26,28,36,48H,5,10-18,20,22-24,27H2,1-3H3,(H,49,56,58). The zero-order chi connectivity index (χ0) is 41.9. The number of fused-ring (bicyclic) bond motifs is 2. The number of imide groups is 1. The molecule has 1 aliphatic carbocycles. The van der Waals surface area contributed by atoms with E-state index >= 15 is 4.39 Å². The minimum absolute atomic E-state index is 0.00605. The minimum atomic E-state index is -0.736. The number of carbonyl (C=O) groups is 4. The molecule has 5 aromatic rings. The summed E-state index contributed by atoms with van der Waals surface area (Å²) in [6, 6.07) is 10.8. The summed E-state index contributed by atoms with van der Waals surface area (Å²) in [5.41, 5.74) is 5.31. The molecule has 6 heterocycles. The first kappa shape index (κ1) is 39.5. The lowest BCUT2D eigenvalue weighted by Crippen LogP contribution is -2.44. The predicted octanol–water partition coefficient (Wildman–Crippen LogP) is 5.49. The number of piperidine rings is 2. The Morgan fingerprint density at radius 1 is 1.00 bits per heavy atom. The summed E-state index contributed by atoms with van der Waals surface area (Å²) in [6.07, 6.45) is 12.9. The van der Waals surface area contributed by atoms with Crippen LogP contribution in [0.15, 0.2) is 59.7 Å². The number of rotatable bonds is 8. The second-order valence-electron chi connectivity index (χ2n) is 17.4. The van der Waals surface area contributed by atoms with Crippen LogP contribution in [0.2, 0.25) is 0 Å². The number of aromatic nitrogens is 5. The van der Waals surface area contributed by atoms with E-state index in [1.165, 1.54) is 4.90 Å². The van der Waals surface area contributed by atoms with Crippen LogP contribution < -0.4 is 15.9 Å². The highest BCUT2D eigenvalue weighted by Gasteiger charge is 2.40. The second kappa shape index (κ2) is 15.6. The number of aryl methyl sites for hydroxylation is 2. The topological polar surface area (TPSA) is 151 Å². The molecule has 3 aliphatic heterocycles. The van der Waals surface area contributed by atoms with E-state index in [9.17, 15) is 24.0 Å². The number of nitrogens with zero attached hydrogens (tertiary/aromatic N) is 7. The van der Waals surface area contributed by atoms with E-state index in [2.05, 4.69) is 20.3 Å². The molecule has 4 aliphatic rings. The molecule has 14 nitrogen and oxygen atoms in total. The maximum absolute atomic E-state index is 16.7. The number of para-hydroxylation sites is 1. The average Bonchev–Trinajstić information content (AvgIpc) is 4.00. The number of hydrogen-bond donors (Lipinski definition) is 2. The zero-order valence-corrected chi connectivity index (χ0v) is 34.5. The van der Waals surface area contributed by atoms with Crippen LogP contribution in [0.3, 0.4) is 0 Å². The second-order valence-corrected chi connectivity index (χ2v) is 17.4. The van der Waals surface area contributed by atoms with Crippen LogP contribution in [0.25, 0.3) is 27.5 Å². The van der Waals surface area contributed by atoms with Crippen molar-refractivity contribution in [3.63, 3.8) is 0 Å². The van der Waals surface area contributed by atoms with Crippen LogP contribution >= 0.6 is 0 Å². The van der Waals surface area contributed by atoms with E-state index in [0.29, 0.717) is 54.8 Å². The molecule has 1 unspecified atom stereocenters. The van der Waals surface area contributed by atoms with Crippen molar-refractivity contribution in [2.24, 2.45) is 12.5 Å². The van der Waals surface area contributed by atoms with Crippen molar-refractivity contribution in [1.82, 2.24) is 39.0 Å². The first-order chi connectivity index (χ1) is 28.9. The normalized spacial score (nSPS) is 19.9. The Balaban J connectivity index is 0.940. The number of H-pyrrole nitrogens is 1. The predicted molar refractivity (Wildman–Crippen MR) is 226 cm³/mol. The Hall–Kier alpha value is -5.99. The summed E-state index contributed by atoms with van der Waals surface area (Å²) in [5, 5.41) is 7.35. The van der Waals surface area contributed by atoms with Crippen LogP contribution in [-0.4, -0.2) is 97.6 Å². The smallest absolute Gasteiger partial charge is 0.329 e. The molecule has 3 aromatic heterocycles. The highest BCUT2D eigenvalue weighted by atomic mass is 19.1. The summed E-state index contributed by atoms with van der Waals surface area (Å²) in [7, 11) is 5.12. The molecular formula is C45H52FN9O5. The Bertz CT molecular complexity index is 2600. The fraction of sp³-hybridized carbons (Fsp3) is 0.467. The van der Waals surface area contributed by atoms with Gasteiger partial charge in [-0.1, -0.05) is 12.1 Å². The van der Waals surface area contributed by atoms with Gasteiger partial charge in [0, 0.05) is 90.1 Å². The molecule has 60 heavy (non-hydrogen) atoms. The quantitative estimate of drug-likeness (QED) is 0.197. The van der Waals surface area contributed by atoms with Crippen molar-refractivity contribution in [3.05, 3.63) is 88.0 Å². The van der Waals surface area contributed by atoms with E-state index in [1.54, 1.807) is 41.2 Å². The lowest BCUT2D eigenvalue weighted by Gasteiger charge is -2.47. The van der Waals surface area contributed by atoms with Gasteiger partial charge < -0.3 is 19.7 Å². The third-order valence-electron chi connectivity index (χ3n) is 13.7. The van der Waals surface area contributed by atoms with Gasteiger partial charge in [-0.05, 0) is 104 Å². The van der Waals surface area contributed by atoms with Gasteiger partial charge in [0.05, 0.1) is 22.2 Å². The number of halogens is 1. The van der Waals surface area contributed by atoms with Gasteiger partial charge in [-0.15, -0.1) is 0 Å². The average molecular weight is 818 g/mol. The van der Waals surface area contributed by atoms with Gasteiger partial charge >= 0.3 is 5.69 Å². The number of hydrogen-bond acceptors (Lipinski definition) is 7. The van der Waals surface area contributed by atoms with E-state index in [4.69, 9.17) is 0 Å². The van der Waals surface area contributed by atoms with E-state index < -0.39 is 17.8 Å². The molecule has 4 amide bonds. The summed E-state index contributed by atoms with van der Waals surface area (Å²) in [5.74, 6) is -1.21. The SMILES string of the molecule is CN(C)C(=O)c1cc2c(C3CCC4(CC3)CCN(c3cccc5c3n(C)c(=O)n5C3CCC(=O)NC3=O)CC4)cc(C3=CCCN(C(=O)CCn4cccn4)C3)c(F)c2[nH]1. The third kappa shape index (κ3) is 7.00. The van der Waals surface area contributed by atoms with Crippen molar-refractivity contribution < 1.29 is 23.6 Å². The largest absolute Gasteiger partial charge is 0.370 e. The lowest BCUT2D eigenvalue weighted by atomic mass is 9.64. The van der Waals surface area contributed by atoms with E-state index in [0.717, 1.165) is 79.3 Å². The summed E-state index contributed by atoms with van der Waals surface area (Å²) in [4.78, 5) is 73.6. The van der Waals surface area contributed by atoms with Crippen LogP contribution in [0, 0.1) is 11.2 Å². The van der Waals surface area contributed by atoms with Crippen LogP contribution in [0.5, 0.6) is 0 Å². The Morgan fingerprint density at radius 2 is 1.78 bits per heavy atom. The van der Waals surface area contributed by atoms with Crippen molar-refractivity contribution >= 4 is 56.8 Å². The number of aromatic amines is 1. The highest BCUT2D eigenvalue weighted by molar-refractivity contribution is 6.01. The molecule has 314 valence electrons. The molecule has 1 saturated carbocycles. The molecule has 2 aromatic carbocycles. The summed E-state index contributed by atoms with van der Waals surface area (Å²) in [6.45, 7) is 3.03. The molecule has 2 saturated heterocycles. The van der Waals surface area contributed by atoms with Crippen molar-refractivity contribution in [1.29, 1.82) is 0 Å². The van der Waals surface area contributed by atoms with Gasteiger partial charge in [-0.3, -0.25) is 38.3 Å². The van der Waals surface area contributed by atoms with Crippen molar-refractivity contribution in [2.75, 3.05) is 45.2 Å². The molecule has 9 rings (SSSR count). The Morgan fingerprint density at radius 3 is 2.50 bits per heavy atom. The van der Waals surface area contributed by atoms with Gasteiger partial charge in [0.25, 0.3) is 5.91 Å². The molecule has 1 atom stereocenters. The summed E-state index contributed by atoms with van der Waals surface area (Å²) >= 11 is 0. The number of benzene rings is 2. The molecular weight excluding hydrogens is 766 g/mol. The summed E-state index contributed by atoms with van der Waals surface area (Å²) < 4.78 is 21.6. The number of carbonyl (C=O) groups excluding carboxylic acids is 4. The van der Waals surface area contributed by atoms with Gasteiger partial charge in [-0.2, -0.15) is 5.10 Å². The van der Waals surface area contributed by atoms with E-state index in [-0.39, 0.29) is 47.6 Å². The molecule has 3 fully saturated rings. The maximum atomic E-state index is 16.7. The fourth-order valence-electron chi connectivity index (χ4n) is 10.3. The Kier molecular flexibility index (Phi) is 10.2. The van der Waals surface area contributed by atoms with Gasteiger partial charge in [-0.25, -0.2) is 9.18 Å². The number of imidazole rings is 1. The fourth-order valence-corrected chi connectivity index (χ4v) is 10.3. The van der Waals surface area contributed by atoms with Crippen LogP contribution in [0.1, 0.15) is 97.8 Å². The van der Waals surface area contributed by atoms with Gasteiger partial charge in [0.2, 0.25) is 17.7 Å². The van der Waals surface area contributed by atoms with Gasteiger partial charge in [0.1, 0.15) is 11.7 Å². The maximum Gasteiger partial charge on any atom is 0.329 e. The first-order valence-electron chi connectivity index (χ1n) is 21.2. The number of amides is 4. The molecule has 2 N–H and O–H groups in total. The van der Waals surface area contributed by atoms with Crippen LogP contribution in [-0.2, 0) is 28.0 Å². The Labute approximate surface area is 347 Å².